The van der Waals surface area contributed by atoms with Gasteiger partial charge in [0.25, 0.3) is 5.91 Å². The van der Waals surface area contributed by atoms with Crippen molar-refractivity contribution >= 4 is 45.1 Å². The molecule has 0 atom stereocenters. The fourth-order valence-electron chi connectivity index (χ4n) is 2.67. The Morgan fingerprint density at radius 1 is 1.22 bits per heavy atom. The van der Waals surface area contributed by atoms with E-state index in [1.165, 1.54) is 30.6 Å². The third-order valence-corrected chi connectivity index (χ3v) is 5.04. The number of aliphatic carboxylic acids is 1. The summed E-state index contributed by atoms with van der Waals surface area (Å²) in [4.78, 5) is 23.7. The molecule has 0 saturated heterocycles. The van der Waals surface area contributed by atoms with Gasteiger partial charge in [-0.15, -0.1) is 11.3 Å². The van der Waals surface area contributed by atoms with E-state index >= 15 is 0 Å². The highest BCUT2D eigenvalue weighted by Crippen LogP contribution is 2.34. The Balaban J connectivity index is 1.87. The van der Waals surface area contributed by atoms with Gasteiger partial charge in [-0.25, -0.2) is 9.18 Å². The standard InChI is InChI=1S/C20H16FNO4S/c1-26-11-14-18-15(21)3-2-4-16(18)27-19(14)20(25)22-13-8-5-12(6-9-13)7-10-17(23)24/h2-10H,11H2,1H3,(H,22,25)(H,23,24). The molecule has 0 radical (unpaired) electrons. The Morgan fingerprint density at radius 2 is 1.96 bits per heavy atom. The maximum Gasteiger partial charge on any atom is 0.328 e. The minimum atomic E-state index is -1.03. The normalized spacial score (nSPS) is 11.2. The molecule has 1 aromatic heterocycles. The molecule has 0 saturated carbocycles. The summed E-state index contributed by atoms with van der Waals surface area (Å²) in [7, 11) is 1.50. The van der Waals surface area contributed by atoms with E-state index in [-0.39, 0.29) is 18.3 Å². The van der Waals surface area contributed by atoms with Crippen molar-refractivity contribution in [2.24, 2.45) is 0 Å². The number of halogens is 1. The first-order valence-corrected chi connectivity index (χ1v) is 8.82. The highest BCUT2D eigenvalue weighted by Gasteiger charge is 2.20. The minimum absolute atomic E-state index is 0.128. The molecule has 138 valence electrons. The zero-order valence-corrected chi connectivity index (χ0v) is 15.2. The van der Waals surface area contributed by atoms with E-state index in [1.807, 2.05) is 0 Å². The van der Waals surface area contributed by atoms with Gasteiger partial charge in [0.1, 0.15) is 5.82 Å². The average molecular weight is 385 g/mol. The molecular formula is C20H16FNO4S. The predicted molar refractivity (Wildman–Crippen MR) is 104 cm³/mol. The molecule has 2 aromatic carbocycles. The SMILES string of the molecule is COCc1c(C(=O)Nc2ccc(C=CC(=O)O)cc2)sc2cccc(F)c12. The van der Waals surface area contributed by atoms with Crippen LogP contribution in [0.25, 0.3) is 16.2 Å². The van der Waals surface area contributed by atoms with E-state index < -0.39 is 5.97 Å². The molecule has 0 aliphatic carbocycles. The van der Waals surface area contributed by atoms with Crippen molar-refractivity contribution in [2.75, 3.05) is 12.4 Å². The van der Waals surface area contributed by atoms with Crippen molar-refractivity contribution in [3.8, 4) is 0 Å². The first-order valence-electron chi connectivity index (χ1n) is 8.01. The number of methoxy groups -OCH3 is 1. The number of ether oxygens (including phenoxy) is 1. The number of amides is 1. The molecule has 5 nitrogen and oxygen atoms in total. The number of benzene rings is 2. The van der Waals surface area contributed by atoms with E-state index in [1.54, 1.807) is 36.4 Å². The van der Waals surface area contributed by atoms with Gasteiger partial charge in [0.05, 0.1) is 11.5 Å². The van der Waals surface area contributed by atoms with E-state index in [4.69, 9.17) is 9.84 Å². The highest BCUT2D eigenvalue weighted by atomic mass is 32.1. The second-order valence-corrected chi connectivity index (χ2v) is 6.76. The number of rotatable bonds is 6. The van der Waals surface area contributed by atoms with Crippen LogP contribution in [-0.4, -0.2) is 24.1 Å². The monoisotopic (exact) mass is 385 g/mol. The second kappa shape index (κ2) is 8.11. The summed E-state index contributed by atoms with van der Waals surface area (Å²) in [5, 5.41) is 11.8. The molecular weight excluding hydrogens is 369 g/mol. The summed E-state index contributed by atoms with van der Waals surface area (Å²) in [6, 6.07) is 11.5. The lowest BCUT2D eigenvalue weighted by Gasteiger charge is -2.07. The van der Waals surface area contributed by atoms with E-state index in [2.05, 4.69) is 5.32 Å². The number of thiophene rings is 1. The fourth-order valence-corrected chi connectivity index (χ4v) is 3.78. The summed E-state index contributed by atoms with van der Waals surface area (Å²) in [6.45, 7) is 0.128. The summed E-state index contributed by atoms with van der Waals surface area (Å²) in [5.74, 6) is -1.77. The highest BCUT2D eigenvalue weighted by molar-refractivity contribution is 7.21. The van der Waals surface area contributed by atoms with Crippen LogP contribution >= 0.6 is 11.3 Å². The number of nitrogens with one attached hydrogen (secondary N) is 1. The van der Waals surface area contributed by atoms with Crippen LogP contribution in [0.2, 0.25) is 0 Å². The van der Waals surface area contributed by atoms with Gasteiger partial charge in [-0.05, 0) is 35.9 Å². The number of anilines is 1. The molecule has 0 unspecified atom stereocenters. The average Bonchev–Trinajstić information content (AvgIpc) is 3.01. The van der Waals surface area contributed by atoms with E-state index in [0.29, 0.717) is 31.8 Å². The van der Waals surface area contributed by atoms with Crippen molar-refractivity contribution in [3.05, 3.63) is 70.4 Å². The number of hydrogen-bond donors (Lipinski definition) is 2. The number of hydrogen-bond acceptors (Lipinski definition) is 4. The number of carboxylic acid groups (broad SMARTS) is 1. The van der Waals surface area contributed by atoms with E-state index in [0.717, 1.165) is 6.08 Å². The molecule has 7 heteroatoms. The van der Waals surface area contributed by atoms with Crippen LogP contribution in [0, 0.1) is 5.82 Å². The van der Waals surface area contributed by atoms with Crippen molar-refractivity contribution in [2.45, 2.75) is 6.61 Å². The molecule has 3 rings (SSSR count). The first-order chi connectivity index (χ1) is 13.0. The molecule has 0 bridgehead atoms. The topological polar surface area (TPSA) is 75.6 Å². The molecule has 0 spiro atoms. The predicted octanol–water partition coefficient (Wildman–Crippen LogP) is 4.54. The molecule has 27 heavy (non-hydrogen) atoms. The Hall–Kier alpha value is -3.03. The minimum Gasteiger partial charge on any atom is -0.478 e. The van der Waals surface area contributed by atoms with Crippen LogP contribution in [-0.2, 0) is 16.1 Å². The maximum absolute atomic E-state index is 14.2. The lowest BCUT2D eigenvalue weighted by molar-refractivity contribution is -0.131. The van der Waals surface area contributed by atoms with Crippen LogP contribution in [0.1, 0.15) is 20.8 Å². The third-order valence-electron chi connectivity index (χ3n) is 3.85. The number of carbonyl (C=O) groups is 2. The summed E-state index contributed by atoms with van der Waals surface area (Å²) >= 11 is 1.21. The summed E-state index contributed by atoms with van der Waals surface area (Å²) in [6.07, 6.45) is 2.50. The molecule has 0 fully saturated rings. The van der Waals surface area contributed by atoms with Gasteiger partial charge in [-0.1, -0.05) is 18.2 Å². The van der Waals surface area contributed by atoms with Gasteiger partial charge in [-0.2, -0.15) is 0 Å². The Labute approximate surface area is 158 Å². The van der Waals surface area contributed by atoms with Crippen molar-refractivity contribution in [3.63, 3.8) is 0 Å². The molecule has 1 heterocycles. The number of carbonyl (C=O) groups excluding carboxylic acids is 1. The van der Waals surface area contributed by atoms with Gasteiger partial charge in [0.15, 0.2) is 0 Å². The number of carboxylic acids is 1. The van der Waals surface area contributed by atoms with Gasteiger partial charge in [0.2, 0.25) is 0 Å². The van der Waals surface area contributed by atoms with Gasteiger partial charge < -0.3 is 15.2 Å². The smallest absolute Gasteiger partial charge is 0.328 e. The Bertz CT molecular complexity index is 1020. The van der Waals surface area contributed by atoms with Crippen LogP contribution in [0.4, 0.5) is 10.1 Å². The van der Waals surface area contributed by atoms with Crippen molar-refractivity contribution in [1.82, 2.24) is 0 Å². The van der Waals surface area contributed by atoms with Crippen LogP contribution in [0.3, 0.4) is 0 Å². The molecule has 2 N–H and O–H groups in total. The summed E-state index contributed by atoms with van der Waals surface area (Å²) in [5.41, 5.74) is 1.77. The lowest BCUT2D eigenvalue weighted by Crippen LogP contribution is -2.12. The summed E-state index contributed by atoms with van der Waals surface area (Å²) < 4.78 is 20.1. The van der Waals surface area contributed by atoms with Gasteiger partial charge >= 0.3 is 5.97 Å². The fraction of sp³-hybridized carbons (Fsp3) is 0.100. The molecule has 0 aliphatic rings. The van der Waals surface area contributed by atoms with Crippen molar-refractivity contribution < 1.29 is 23.8 Å². The largest absolute Gasteiger partial charge is 0.478 e. The zero-order chi connectivity index (χ0) is 19.4. The van der Waals surface area contributed by atoms with Gasteiger partial charge in [0, 0.05) is 34.5 Å². The molecule has 3 aromatic rings. The van der Waals surface area contributed by atoms with Crippen LogP contribution < -0.4 is 5.32 Å². The lowest BCUT2D eigenvalue weighted by atomic mass is 10.1. The van der Waals surface area contributed by atoms with Crippen molar-refractivity contribution in [1.29, 1.82) is 0 Å². The first kappa shape index (κ1) is 18.8. The Kier molecular flexibility index (Phi) is 5.63. The zero-order valence-electron chi connectivity index (χ0n) is 14.4. The molecule has 1 amide bonds. The molecule has 0 aliphatic heterocycles. The number of fused-ring (bicyclic) bond motifs is 1. The third kappa shape index (κ3) is 4.21. The second-order valence-electron chi connectivity index (χ2n) is 5.70. The Morgan fingerprint density at radius 3 is 2.63 bits per heavy atom. The van der Waals surface area contributed by atoms with E-state index in [9.17, 15) is 14.0 Å². The van der Waals surface area contributed by atoms with Gasteiger partial charge in [-0.3, -0.25) is 4.79 Å². The van der Waals surface area contributed by atoms with Crippen LogP contribution in [0.15, 0.2) is 48.5 Å². The quantitative estimate of drug-likeness (QED) is 0.611. The maximum atomic E-state index is 14.2. The van der Waals surface area contributed by atoms with Crippen LogP contribution in [0.5, 0.6) is 0 Å².